The summed E-state index contributed by atoms with van der Waals surface area (Å²) in [6.07, 6.45) is 0.891. The molecule has 0 saturated carbocycles. The van der Waals surface area contributed by atoms with Gasteiger partial charge in [-0.05, 0) is 13.3 Å². The Bertz CT molecular complexity index is 460. The van der Waals surface area contributed by atoms with Gasteiger partial charge in [0.15, 0.2) is 0 Å². The Morgan fingerprint density at radius 1 is 1.10 bits per heavy atom. The molecule has 5 nitrogen and oxygen atoms in total. The first-order valence-electron chi connectivity index (χ1n) is 7.14. The molecule has 0 radical (unpaired) electrons. The first kappa shape index (κ1) is 19.0. The van der Waals surface area contributed by atoms with Gasteiger partial charge in [0.05, 0.1) is 14.2 Å². The van der Waals surface area contributed by atoms with Crippen LogP contribution in [0.3, 0.4) is 0 Å². The van der Waals surface area contributed by atoms with Crippen molar-refractivity contribution in [3.05, 3.63) is 18.2 Å². The highest BCUT2D eigenvalue weighted by molar-refractivity contribution is 6.02. The Morgan fingerprint density at radius 3 is 2.00 bits per heavy atom. The lowest BCUT2D eigenvalue weighted by Gasteiger charge is -2.10. The summed E-state index contributed by atoms with van der Waals surface area (Å²) in [5, 5.41) is 3.15. The molecule has 1 N–H and O–H groups in total. The van der Waals surface area contributed by atoms with Crippen LogP contribution in [0.15, 0.2) is 28.2 Å². The molecule has 0 aliphatic rings. The number of rotatable bonds is 4. The van der Waals surface area contributed by atoms with E-state index in [1.165, 1.54) is 0 Å². The lowest BCUT2D eigenvalue weighted by molar-refractivity contribution is 0.395. The van der Waals surface area contributed by atoms with Crippen LogP contribution in [0.25, 0.3) is 0 Å². The van der Waals surface area contributed by atoms with E-state index in [0.717, 1.165) is 17.8 Å². The van der Waals surface area contributed by atoms with Crippen molar-refractivity contribution in [2.24, 2.45) is 9.98 Å². The van der Waals surface area contributed by atoms with Crippen molar-refractivity contribution in [2.45, 2.75) is 34.1 Å². The number of anilines is 1. The summed E-state index contributed by atoms with van der Waals surface area (Å²) < 4.78 is 10.4. The minimum absolute atomic E-state index is 0.564. The van der Waals surface area contributed by atoms with Gasteiger partial charge in [-0.15, -0.1) is 0 Å². The molecule has 0 amide bonds. The van der Waals surface area contributed by atoms with Gasteiger partial charge in [-0.1, -0.05) is 20.8 Å². The predicted molar refractivity (Wildman–Crippen MR) is 91.3 cm³/mol. The van der Waals surface area contributed by atoms with Gasteiger partial charge in [0.2, 0.25) is 5.96 Å². The zero-order valence-electron chi connectivity index (χ0n) is 14.2. The largest absolute Gasteiger partial charge is 0.497 e. The highest BCUT2D eigenvalue weighted by atomic mass is 16.5. The van der Waals surface area contributed by atoms with Crippen LogP contribution < -0.4 is 14.8 Å². The quantitative estimate of drug-likeness (QED) is 0.674. The number of aliphatic imine (C=N–C) groups is 2. The number of nitrogens with one attached hydrogen (secondary N) is 1. The molecule has 0 aliphatic heterocycles. The third-order valence-electron chi connectivity index (χ3n) is 2.63. The zero-order chi connectivity index (χ0) is 16.3. The average molecular weight is 293 g/mol. The summed E-state index contributed by atoms with van der Waals surface area (Å²) in [5.74, 6) is 2.00. The van der Waals surface area contributed by atoms with Gasteiger partial charge < -0.3 is 14.8 Å². The van der Waals surface area contributed by atoms with E-state index in [4.69, 9.17) is 9.47 Å². The fraction of sp³-hybridized carbons (Fsp3) is 0.500. The molecule has 0 spiro atoms. The van der Waals surface area contributed by atoms with Crippen LogP contribution in [-0.2, 0) is 0 Å². The fourth-order valence-electron chi connectivity index (χ4n) is 1.40. The van der Waals surface area contributed by atoms with Gasteiger partial charge in [-0.3, -0.25) is 4.99 Å². The van der Waals surface area contributed by atoms with E-state index in [1.807, 2.05) is 39.0 Å². The van der Waals surface area contributed by atoms with Crippen LogP contribution in [0.1, 0.15) is 34.1 Å². The third-order valence-corrected chi connectivity index (χ3v) is 2.63. The van der Waals surface area contributed by atoms with Gasteiger partial charge in [0.25, 0.3) is 0 Å². The van der Waals surface area contributed by atoms with Gasteiger partial charge >= 0.3 is 0 Å². The monoisotopic (exact) mass is 293 g/mol. The molecular weight excluding hydrogens is 266 g/mol. The minimum atomic E-state index is 0.564. The van der Waals surface area contributed by atoms with Crippen molar-refractivity contribution >= 4 is 17.4 Å². The standard InChI is InChI=1S/C14H21N3O2.C2H6/c1-6-10(2)16-14(15-3)17-11-7-12(18-4)9-13(8-11)19-5;1-2/h7-9H,6H2,1-5H3,(H,15,17);1-2H3/b16-10-;. The molecule has 0 atom stereocenters. The molecule has 1 rings (SSSR count). The second-order valence-electron chi connectivity index (χ2n) is 3.97. The molecule has 0 bridgehead atoms. The van der Waals surface area contributed by atoms with Crippen molar-refractivity contribution in [3.8, 4) is 11.5 Å². The number of ether oxygens (including phenoxy) is 2. The molecule has 1 aromatic rings. The number of guanidine groups is 1. The van der Waals surface area contributed by atoms with Crippen LogP contribution in [-0.4, -0.2) is 32.9 Å². The summed E-state index contributed by atoms with van der Waals surface area (Å²) >= 11 is 0. The SMILES string of the molecule is CC.CC/C(C)=N\C(=NC)Nc1cc(OC)cc(OC)c1. The lowest BCUT2D eigenvalue weighted by atomic mass is 10.3. The van der Waals surface area contributed by atoms with Crippen molar-refractivity contribution in [1.82, 2.24) is 0 Å². The van der Waals surface area contributed by atoms with Gasteiger partial charge in [0.1, 0.15) is 11.5 Å². The molecule has 1 aromatic carbocycles. The molecule has 118 valence electrons. The second kappa shape index (κ2) is 10.7. The lowest BCUT2D eigenvalue weighted by Crippen LogP contribution is -2.11. The summed E-state index contributed by atoms with van der Waals surface area (Å²) in [6, 6.07) is 5.55. The van der Waals surface area contributed by atoms with Gasteiger partial charge in [-0.2, -0.15) is 0 Å². The Morgan fingerprint density at radius 2 is 1.62 bits per heavy atom. The van der Waals surface area contributed by atoms with Gasteiger partial charge in [0, 0.05) is 36.6 Å². The van der Waals surface area contributed by atoms with E-state index in [9.17, 15) is 0 Å². The van der Waals surface area contributed by atoms with E-state index in [2.05, 4.69) is 22.2 Å². The second-order valence-corrected chi connectivity index (χ2v) is 3.97. The average Bonchev–Trinajstić information content (AvgIpc) is 2.55. The Hall–Kier alpha value is -2.04. The number of nitrogens with zero attached hydrogens (tertiary/aromatic N) is 2. The first-order valence-corrected chi connectivity index (χ1v) is 7.14. The van der Waals surface area contributed by atoms with Crippen LogP contribution in [0, 0.1) is 0 Å². The van der Waals surface area contributed by atoms with Gasteiger partial charge in [-0.25, -0.2) is 4.99 Å². The number of methoxy groups -OCH3 is 2. The molecule has 5 heteroatoms. The van der Waals surface area contributed by atoms with Crippen LogP contribution in [0.4, 0.5) is 5.69 Å². The highest BCUT2D eigenvalue weighted by Gasteiger charge is 2.04. The van der Waals surface area contributed by atoms with Crippen molar-refractivity contribution in [1.29, 1.82) is 0 Å². The summed E-state index contributed by atoms with van der Waals surface area (Å²) in [5.41, 5.74) is 1.84. The molecular formula is C16H27N3O2. The van der Waals surface area contributed by atoms with Crippen molar-refractivity contribution < 1.29 is 9.47 Å². The zero-order valence-corrected chi connectivity index (χ0v) is 14.2. The Labute approximate surface area is 128 Å². The Kier molecular flexibility index (Phi) is 9.67. The predicted octanol–water partition coefficient (Wildman–Crippen LogP) is 4.00. The van der Waals surface area contributed by atoms with E-state index < -0.39 is 0 Å². The molecule has 0 aliphatic carbocycles. The van der Waals surface area contributed by atoms with Crippen LogP contribution in [0.2, 0.25) is 0 Å². The molecule has 21 heavy (non-hydrogen) atoms. The van der Waals surface area contributed by atoms with E-state index in [0.29, 0.717) is 17.5 Å². The normalized spacial score (nSPS) is 11.4. The summed E-state index contributed by atoms with van der Waals surface area (Å²) in [6.45, 7) is 8.03. The van der Waals surface area contributed by atoms with Crippen molar-refractivity contribution in [2.75, 3.05) is 26.6 Å². The molecule has 0 aromatic heterocycles. The Balaban J connectivity index is 0.00000191. The van der Waals surface area contributed by atoms with Crippen LogP contribution >= 0.6 is 0 Å². The highest BCUT2D eigenvalue weighted by Crippen LogP contribution is 2.25. The number of benzene rings is 1. The summed E-state index contributed by atoms with van der Waals surface area (Å²) in [7, 11) is 4.94. The molecule has 0 fully saturated rings. The smallest absolute Gasteiger partial charge is 0.222 e. The molecule has 0 unspecified atom stereocenters. The maximum absolute atomic E-state index is 5.22. The van der Waals surface area contributed by atoms with Crippen molar-refractivity contribution in [3.63, 3.8) is 0 Å². The maximum atomic E-state index is 5.22. The fourth-order valence-corrected chi connectivity index (χ4v) is 1.40. The third kappa shape index (κ3) is 6.79. The minimum Gasteiger partial charge on any atom is -0.497 e. The summed E-state index contributed by atoms with van der Waals surface area (Å²) in [4.78, 5) is 8.51. The van der Waals surface area contributed by atoms with E-state index in [1.54, 1.807) is 21.3 Å². The number of hydrogen-bond donors (Lipinski definition) is 1. The molecule has 0 heterocycles. The first-order chi connectivity index (χ1) is 10.1. The van der Waals surface area contributed by atoms with Crippen LogP contribution in [0.5, 0.6) is 11.5 Å². The van der Waals surface area contributed by atoms with E-state index >= 15 is 0 Å². The maximum Gasteiger partial charge on any atom is 0.222 e. The van der Waals surface area contributed by atoms with E-state index in [-0.39, 0.29) is 0 Å². The topological polar surface area (TPSA) is 55.2 Å². The molecule has 0 saturated heterocycles. The number of hydrogen-bond acceptors (Lipinski definition) is 3.